The van der Waals surface area contributed by atoms with E-state index >= 15 is 0 Å². The number of hydrogen-bond acceptors (Lipinski definition) is 4. The van der Waals surface area contributed by atoms with Gasteiger partial charge in [-0.15, -0.1) is 0 Å². The molecule has 1 aromatic carbocycles. The number of aromatic nitrogens is 4. The van der Waals surface area contributed by atoms with Gasteiger partial charge in [0.1, 0.15) is 5.82 Å². The smallest absolute Gasteiger partial charge is 0.308 e. The lowest BCUT2D eigenvalue weighted by Crippen LogP contribution is -2.23. The summed E-state index contributed by atoms with van der Waals surface area (Å²) in [5.41, 5.74) is 1.42. The van der Waals surface area contributed by atoms with Gasteiger partial charge in [0, 0.05) is 34.0 Å². The number of amides is 2. The second-order valence-electron chi connectivity index (χ2n) is 7.58. The zero-order valence-corrected chi connectivity index (χ0v) is 17.5. The monoisotopic (exact) mass is 414 g/mol. The highest BCUT2D eigenvalue weighted by Gasteiger charge is 2.22. The normalized spacial score (nSPS) is 11.3. The van der Waals surface area contributed by atoms with Crippen molar-refractivity contribution >= 4 is 29.1 Å². The van der Waals surface area contributed by atoms with E-state index in [1.807, 2.05) is 27.7 Å². The van der Waals surface area contributed by atoms with Crippen molar-refractivity contribution in [2.45, 2.75) is 39.5 Å². The average molecular weight is 415 g/mol. The van der Waals surface area contributed by atoms with Gasteiger partial charge in [-0.2, -0.15) is 9.78 Å². The summed E-state index contributed by atoms with van der Waals surface area (Å²) in [6.07, 6.45) is 0.601. The predicted octanol–water partition coefficient (Wildman–Crippen LogP) is 4.11. The van der Waals surface area contributed by atoms with Crippen LogP contribution >= 0.6 is 11.6 Å². The topological polar surface area (TPSA) is 105 Å². The van der Waals surface area contributed by atoms with E-state index < -0.39 is 6.03 Å². The lowest BCUT2D eigenvalue weighted by atomic mass is 9.92. The van der Waals surface area contributed by atoms with Crippen LogP contribution in [0.4, 0.5) is 16.3 Å². The number of aromatic amines is 1. The molecule has 0 saturated heterocycles. The molecule has 2 aromatic heterocycles. The number of carbonyl (C=O) groups is 1. The van der Waals surface area contributed by atoms with Crippen LogP contribution in [0, 0.1) is 0 Å². The van der Waals surface area contributed by atoms with Gasteiger partial charge in [0.15, 0.2) is 0 Å². The van der Waals surface area contributed by atoms with Gasteiger partial charge in [-0.25, -0.2) is 9.78 Å². The molecular formula is C20H23ClN6O2. The van der Waals surface area contributed by atoms with Crippen LogP contribution in [0.3, 0.4) is 0 Å². The number of nitrogens with one attached hydrogen (secondary N) is 3. The molecule has 0 atom stereocenters. The third-order valence-electron chi connectivity index (χ3n) is 4.17. The van der Waals surface area contributed by atoms with Crippen LogP contribution in [0.25, 0.3) is 5.95 Å². The minimum atomic E-state index is -0.456. The number of hydrogen-bond donors (Lipinski definition) is 3. The fourth-order valence-corrected chi connectivity index (χ4v) is 2.71. The Bertz CT molecular complexity index is 1080. The van der Waals surface area contributed by atoms with Crippen LogP contribution in [-0.2, 0) is 11.8 Å². The van der Waals surface area contributed by atoms with Crippen LogP contribution in [0.1, 0.15) is 39.1 Å². The highest BCUT2D eigenvalue weighted by atomic mass is 35.5. The Balaban J connectivity index is 1.96. The lowest BCUT2D eigenvalue weighted by Gasteiger charge is -2.13. The quantitative estimate of drug-likeness (QED) is 0.597. The van der Waals surface area contributed by atoms with E-state index in [4.69, 9.17) is 11.6 Å². The van der Waals surface area contributed by atoms with Gasteiger partial charge < -0.3 is 5.32 Å². The molecule has 0 aliphatic rings. The first-order chi connectivity index (χ1) is 13.7. The predicted molar refractivity (Wildman–Crippen MR) is 114 cm³/mol. The van der Waals surface area contributed by atoms with Gasteiger partial charge in [0.25, 0.3) is 5.56 Å². The first-order valence-corrected chi connectivity index (χ1v) is 9.58. The van der Waals surface area contributed by atoms with Crippen molar-refractivity contribution in [3.05, 3.63) is 63.2 Å². The molecule has 8 nitrogen and oxygen atoms in total. The molecule has 152 valence electrons. The molecule has 9 heteroatoms. The molecule has 29 heavy (non-hydrogen) atoms. The SMILES string of the molecule is CCc1cc(=O)[nH]c(-n2nc(C(C)(C)C)cc2NC(=O)Nc2ccc(Cl)cc2)n1. The molecule has 3 rings (SSSR count). The van der Waals surface area contributed by atoms with Crippen LogP contribution < -0.4 is 16.2 Å². The maximum atomic E-state index is 12.5. The number of nitrogens with zero attached hydrogens (tertiary/aromatic N) is 3. The number of rotatable bonds is 4. The van der Waals surface area contributed by atoms with Gasteiger partial charge >= 0.3 is 6.03 Å². The Labute approximate surface area is 173 Å². The summed E-state index contributed by atoms with van der Waals surface area (Å²) in [7, 11) is 0. The summed E-state index contributed by atoms with van der Waals surface area (Å²) in [6.45, 7) is 7.94. The number of anilines is 2. The molecule has 2 heterocycles. The summed E-state index contributed by atoms with van der Waals surface area (Å²) in [5.74, 6) is 0.629. The van der Waals surface area contributed by atoms with Crippen molar-refractivity contribution in [2.24, 2.45) is 0 Å². The number of H-pyrrole nitrogens is 1. The summed E-state index contributed by atoms with van der Waals surface area (Å²) >= 11 is 5.87. The second-order valence-corrected chi connectivity index (χ2v) is 8.01. The van der Waals surface area contributed by atoms with Crippen molar-refractivity contribution in [3.8, 4) is 5.95 Å². The number of halogens is 1. The Kier molecular flexibility index (Phi) is 5.74. The third kappa shape index (κ3) is 5.03. The highest BCUT2D eigenvalue weighted by molar-refractivity contribution is 6.30. The molecular weight excluding hydrogens is 392 g/mol. The molecule has 0 saturated carbocycles. The first kappa shape index (κ1) is 20.6. The molecule has 3 aromatic rings. The van der Waals surface area contributed by atoms with Crippen LogP contribution in [0.15, 0.2) is 41.2 Å². The molecule has 0 radical (unpaired) electrons. The lowest BCUT2D eigenvalue weighted by molar-refractivity contribution is 0.262. The zero-order valence-electron chi connectivity index (χ0n) is 16.7. The van der Waals surface area contributed by atoms with E-state index in [9.17, 15) is 9.59 Å². The van der Waals surface area contributed by atoms with E-state index in [0.717, 1.165) is 5.69 Å². The zero-order chi connectivity index (χ0) is 21.2. The Hall–Kier alpha value is -3.13. The summed E-state index contributed by atoms with van der Waals surface area (Å²) in [4.78, 5) is 31.6. The summed E-state index contributed by atoms with van der Waals surface area (Å²) in [6, 6.07) is 9.52. The Morgan fingerprint density at radius 1 is 1.17 bits per heavy atom. The van der Waals surface area contributed by atoms with Gasteiger partial charge in [-0.1, -0.05) is 39.3 Å². The molecule has 0 aliphatic carbocycles. The van der Waals surface area contributed by atoms with E-state index in [1.165, 1.54) is 10.7 Å². The molecule has 0 spiro atoms. The number of aryl methyl sites for hydroxylation is 1. The summed E-state index contributed by atoms with van der Waals surface area (Å²) in [5, 5.41) is 10.7. The van der Waals surface area contributed by atoms with Crippen molar-refractivity contribution < 1.29 is 4.79 Å². The molecule has 0 aliphatic heterocycles. The minimum Gasteiger partial charge on any atom is -0.308 e. The first-order valence-electron chi connectivity index (χ1n) is 9.20. The van der Waals surface area contributed by atoms with Crippen molar-refractivity contribution in [3.63, 3.8) is 0 Å². The fraction of sp³-hybridized carbons (Fsp3) is 0.300. The second kappa shape index (κ2) is 8.08. The van der Waals surface area contributed by atoms with Crippen molar-refractivity contribution in [1.29, 1.82) is 0 Å². The van der Waals surface area contributed by atoms with Gasteiger partial charge in [-0.05, 0) is 30.7 Å². The molecule has 2 amide bonds. The van der Waals surface area contributed by atoms with E-state index in [-0.39, 0.29) is 16.9 Å². The van der Waals surface area contributed by atoms with Crippen LogP contribution in [0.5, 0.6) is 0 Å². The highest BCUT2D eigenvalue weighted by Crippen LogP contribution is 2.25. The average Bonchev–Trinajstić information content (AvgIpc) is 3.07. The Morgan fingerprint density at radius 3 is 2.48 bits per heavy atom. The molecule has 0 bridgehead atoms. The third-order valence-corrected chi connectivity index (χ3v) is 4.42. The maximum Gasteiger partial charge on any atom is 0.324 e. The molecule has 0 fully saturated rings. The van der Waals surface area contributed by atoms with Gasteiger partial charge in [0.05, 0.1) is 5.69 Å². The number of benzene rings is 1. The van der Waals surface area contributed by atoms with Crippen molar-refractivity contribution in [1.82, 2.24) is 19.7 Å². The summed E-state index contributed by atoms with van der Waals surface area (Å²) < 4.78 is 1.43. The number of carbonyl (C=O) groups excluding carboxylic acids is 1. The minimum absolute atomic E-state index is 0.242. The van der Waals surface area contributed by atoms with Gasteiger partial charge in [-0.3, -0.25) is 15.1 Å². The standard InChI is InChI=1S/C20H23ClN6O2/c1-5-13-10-17(28)25-18(22-13)27-16(11-15(26-27)20(2,3)4)24-19(29)23-14-8-6-12(21)7-9-14/h6-11H,5H2,1-4H3,(H,22,25,28)(H2,23,24,29). The van der Waals surface area contributed by atoms with E-state index in [1.54, 1.807) is 30.3 Å². The molecule has 3 N–H and O–H groups in total. The number of urea groups is 1. The van der Waals surface area contributed by atoms with Crippen molar-refractivity contribution in [2.75, 3.05) is 10.6 Å². The van der Waals surface area contributed by atoms with Gasteiger partial charge in [0.2, 0.25) is 5.95 Å². The largest absolute Gasteiger partial charge is 0.324 e. The van der Waals surface area contributed by atoms with E-state index in [0.29, 0.717) is 28.6 Å². The van der Waals surface area contributed by atoms with E-state index in [2.05, 4.69) is 25.7 Å². The van der Waals surface area contributed by atoms with Crippen LogP contribution in [-0.4, -0.2) is 25.8 Å². The molecule has 0 unspecified atom stereocenters. The maximum absolute atomic E-state index is 12.5. The Morgan fingerprint density at radius 2 is 1.86 bits per heavy atom. The van der Waals surface area contributed by atoms with Crippen LogP contribution in [0.2, 0.25) is 5.02 Å². The fourth-order valence-electron chi connectivity index (χ4n) is 2.59.